The third-order valence-electron chi connectivity index (χ3n) is 10.1. The predicted molar refractivity (Wildman–Crippen MR) is 188 cm³/mol. The second-order valence-corrected chi connectivity index (χ2v) is 13.9. The summed E-state index contributed by atoms with van der Waals surface area (Å²) in [6, 6.07) is 16.6. The second kappa shape index (κ2) is 16.7. The molecule has 2 N–H and O–H groups in total. The minimum atomic E-state index is -1.36. The van der Waals surface area contributed by atoms with E-state index < -0.39 is 47.7 Å². The van der Waals surface area contributed by atoms with Gasteiger partial charge in [-0.3, -0.25) is 19.2 Å². The zero-order valence-corrected chi connectivity index (χ0v) is 29.4. The molecular weight excluding hydrogens is 691 g/mol. The molecule has 2 aliphatic heterocycles. The van der Waals surface area contributed by atoms with Crippen LogP contribution in [0.1, 0.15) is 60.8 Å². The van der Waals surface area contributed by atoms with Crippen molar-refractivity contribution in [3.8, 4) is 5.75 Å². The van der Waals surface area contributed by atoms with Crippen LogP contribution in [0.4, 0.5) is 13.2 Å². The molecule has 3 aromatic carbocycles. The second-order valence-electron chi connectivity index (χ2n) is 13.9. The first kappa shape index (κ1) is 37.6. The van der Waals surface area contributed by atoms with Crippen molar-refractivity contribution in [3.63, 3.8) is 0 Å². The van der Waals surface area contributed by atoms with E-state index in [2.05, 4.69) is 5.32 Å². The number of aryl methyl sites for hydroxylation is 2. The fraction of sp³-hybridized carbons (Fsp3) is 0.400. The maximum absolute atomic E-state index is 14.8. The number of piperazine rings is 1. The first-order valence-corrected chi connectivity index (χ1v) is 17.8. The number of ether oxygens (including phenoxy) is 2. The number of benzene rings is 3. The van der Waals surface area contributed by atoms with Crippen LogP contribution < -0.4 is 10.1 Å². The SMILES string of the molecule is Cc1ccccc1CN(C(=O)C1=C(c2ccc(CCCOc3c(F)ccc(F)c3F)cc2)C[C@@H]2CN(C(=O)C[C@@H](CC(=O)O)OC=O)C[C@H]1N2)C1CC1. The highest BCUT2D eigenvalue weighted by atomic mass is 19.2. The van der Waals surface area contributed by atoms with Crippen LogP contribution in [-0.2, 0) is 36.9 Å². The lowest BCUT2D eigenvalue weighted by Crippen LogP contribution is -2.62. The summed E-state index contributed by atoms with van der Waals surface area (Å²) >= 11 is 0. The van der Waals surface area contributed by atoms with Crippen molar-refractivity contribution in [1.29, 1.82) is 0 Å². The lowest BCUT2D eigenvalue weighted by atomic mass is 9.82. The van der Waals surface area contributed by atoms with Gasteiger partial charge in [0.25, 0.3) is 12.4 Å². The van der Waals surface area contributed by atoms with Gasteiger partial charge in [-0.25, -0.2) is 8.78 Å². The van der Waals surface area contributed by atoms with Gasteiger partial charge in [0.05, 0.1) is 25.5 Å². The normalized spacial score (nSPS) is 18.7. The Morgan fingerprint density at radius 1 is 1.00 bits per heavy atom. The number of carboxylic acid groups (broad SMARTS) is 1. The summed E-state index contributed by atoms with van der Waals surface area (Å²) in [4.78, 5) is 54.1. The summed E-state index contributed by atoms with van der Waals surface area (Å²) in [7, 11) is 0. The largest absolute Gasteiger partial charge is 0.488 e. The Morgan fingerprint density at radius 3 is 2.43 bits per heavy atom. The molecule has 1 saturated carbocycles. The fourth-order valence-electron chi connectivity index (χ4n) is 7.18. The Kier molecular flexibility index (Phi) is 11.8. The Bertz CT molecular complexity index is 1880. The highest BCUT2D eigenvalue weighted by molar-refractivity contribution is 6.03. The average molecular weight is 734 g/mol. The van der Waals surface area contributed by atoms with E-state index in [4.69, 9.17) is 9.47 Å². The van der Waals surface area contributed by atoms with Crippen LogP contribution in [0.3, 0.4) is 0 Å². The number of carbonyl (C=O) groups excluding carboxylic acids is 3. The van der Waals surface area contributed by atoms with Gasteiger partial charge >= 0.3 is 5.97 Å². The number of carbonyl (C=O) groups is 4. The van der Waals surface area contributed by atoms with Crippen molar-refractivity contribution in [1.82, 2.24) is 15.1 Å². The molecule has 1 aliphatic carbocycles. The molecule has 0 radical (unpaired) electrons. The zero-order chi connectivity index (χ0) is 37.6. The topological polar surface area (TPSA) is 125 Å². The Morgan fingerprint density at radius 2 is 1.74 bits per heavy atom. The van der Waals surface area contributed by atoms with E-state index in [0.29, 0.717) is 44.0 Å². The molecule has 13 heteroatoms. The average Bonchev–Trinajstić information content (AvgIpc) is 3.98. The van der Waals surface area contributed by atoms with Gasteiger partial charge < -0.3 is 29.7 Å². The van der Waals surface area contributed by atoms with Crippen molar-refractivity contribution in [2.75, 3.05) is 19.7 Å². The molecule has 3 aromatic rings. The van der Waals surface area contributed by atoms with Crippen LogP contribution in [-0.4, -0.2) is 83.1 Å². The van der Waals surface area contributed by atoms with Crippen LogP contribution in [0.2, 0.25) is 0 Å². The molecule has 10 nitrogen and oxygen atoms in total. The number of halogens is 3. The molecule has 2 amide bonds. The quantitative estimate of drug-likeness (QED) is 0.115. The third-order valence-corrected chi connectivity index (χ3v) is 10.1. The van der Waals surface area contributed by atoms with Gasteiger partial charge in [-0.15, -0.1) is 0 Å². The molecule has 2 fully saturated rings. The molecule has 280 valence electrons. The first-order valence-electron chi connectivity index (χ1n) is 17.8. The third kappa shape index (κ3) is 9.08. The van der Waals surface area contributed by atoms with Crippen LogP contribution in [0, 0.1) is 24.4 Å². The van der Waals surface area contributed by atoms with Gasteiger partial charge in [0.2, 0.25) is 11.7 Å². The molecule has 0 aromatic heterocycles. The number of carboxylic acids is 1. The number of nitrogens with zero attached hydrogens (tertiary/aromatic N) is 2. The number of rotatable bonds is 16. The summed E-state index contributed by atoms with van der Waals surface area (Å²) in [5.41, 5.74) is 5.38. The van der Waals surface area contributed by atoms with Gasteiger partial charge in [0.1, 0.15) is 6.10 Å². The summed E-state index contributed by atoms with van der Waals surface area (Å²) in [5.74, 6) is -5.92. The van der Waals surface area contributed by atoms with Crippen molar-refractivity contribution in [2.24, 2.45) is 0 Å². The van der Waals surface area contributed by atoms with Crippen LogP contribution >= 0.6 is 0 Å². The lowest BCUT2D eigenvalue weighted by molar-refractivity contribution is -0.147. The van der Waals surface area contributed by atoms with Crippen molar-refractivity contribution in [3.05, 3.63) is 106 Å². The lowest BCUT2D eigenvalue weighted by Gasteiger charge is -2.45. The highest BCUT2D eigenvalue weighted by Gasteiger charge is 2.43. The zero-order valence-electron chi connectivity index (χ0n) is 29.4. The van der Waals surface area contributed by atoms with Gasteiger partial charge in [-0.05, 0) is 79.0 Å². The van der Waals surface area contributed by atoms with Crippen molar-refractivity contribution in [2.45, 2.75) is 82.6 Å². The fourth-order valence-corrected chi connectivity index (χ4v) is 7.18. The van der Waals surface area contributed by atoms with Crippen LogP contribution in [0.15, 0.2) is 66.2 Å². The van der Waals surface area contributed by atoms with E-state index in [0.717, 1.165) is 46.7 Å². The molecule has 0 unspecified atom stereocenters. The summed E-state index contributed by atoms with van der Waals surface area (Å²) in [5, 5.41) is 12.8. The number of nitrogens with one attached hydrogen (secondary N) is 1. The summed E-state index contributed by atoms with van der Waals surface area (Å²) in [6.45, 7) is 3.08. The van der Waals surface area contributed by atoms with E-state index in [1.807, 2.05) is 60.4 Å². The number of amides is 2. The molecule has 3 aliphatic rings. The van der Waals surface area contributed by atoms with Crippen molar-refractivity contribution >= 4 is 29.8 Å². The summed E-state index contributed by atoms with van der Waals surface area (Å²) < 4.78 is 51.6. The summed E-state index contributed by atoms with van der Waals surface area (Å²) in [6.07, 6.45) is 1.28. The number of fused-ring (bicyclic) bond motifs is 2. The minimum Gasteiger partial charge on any atom is -0.488 e. The van der Waals surface area contributed by atoms with Gasteiger partial charge in [-0.2, -0.15) is 4.39 Å². The molecule has 2 heterocycles. The Hall–Kier alpha value is -5.17. The number of hydrogen-bond donors (Lipinski definition) is 2. The van der Waals surface area contributed by atoms with Crippen LogP contribution in [0.5, 0.6) is 5.75 Å². The number of hydrogen-bond acceptors (Lipinski definition) is 7. The van der Waals surface area contributed by atoms with Gasteiger partial charge in [0, 0.05) is 37.3 Å². The van der Waals surface area contributed by atoms with Crippen LogP contribution in [0.25, 0.3) is 5.57 Å². The van der Waals surface area contributed by atoms with E-state index in [-0.39, 0.29) is 49.9 Å². The Balaban J connectivity index is 1.24. The standard InChI is InChI=1S/C40H42F3N3O7/c1-24-5-2-3-7-27(24)20-46(29-12-13-29)40(51)37-31(17-28-21-45(22-34(37)44-28)35(48)18-30(53-23-47)19-36(49)50)26-10-8-25(9-11-26)6-4-16-52-39-33(42)15-14-32(41)38(39)43/h2-3,5,7-11,14-15,23,28-30,34,44H,4,6,12-13,16-22H2,1H3,(H,49,50)/t28-,30+,34-/m1/s1. The van der Waals surface area contributed by atoms with E-state index in [1.165, 1.54) is 0 Å². The molecule has 3 atom stereocenters. The molecule has 6 rings (SSSR count). The van der Waals surface area contributed by atoms with Gasteiger partial charge in [0.15, 0.2) is 17.4 Å². The highest BCUT2D eigenvalue weighted by Crippen LogP contribution is 2.38. The molecule has 53 heavy (non-hydrogen) atoms. The molecule has 0 spiro atoms. The smallest absolute Gasteiger partial charge is 0.307 e. The van der Waals surface area contributed by atoms with Gasteiger partial charge in [-0.1, -0.05) is 48.5 Å². The molecule has 2 bridgehead atoms. The monoisotopic (exact) mass is 733 g/mol. The minimum absolute atomic E-state index is 0.0245. The maximum atomic E-state index is 14.8. The Labute approximate surface area is 305 Å². The van der Waals surface area contributed by atoms with E-state index >= 15 is 0 Å². The van der Waals surface area contributed by atoms with Crippen molar-refractivity contribution < 1.29 is 46.9 Å². The maximum Gasteiger partial charge on any atom is 0.307 e. The molecular formula is C40H42F3N3O7. The number of aliphatic carboxylic acids is 1. The van der Waals surface area contributed by atoms with E-state index in [1.54, 1.807) is 4.90 Å². The van der Waals surface area contributed by atoms with E-state index in [9.17, 15) is 37.5 Å². The predicted octanol–water partition coefficient (Wildman–Crippen LogP) is 5.35. The molecule has 1 saturated heterocycles. The first-order chi connectivity index (χ1) is 25.5.